The van der Waals surface area contributed by atoms with E-state index in [2.05, 4.69) is 17.9 Å². The summed E-state index contributed by atoms with van der Waals surface area (Å²) >= 11 is 0. The lowest BCUT2D eigenvalue weighted by atomic mass is 9.94. The number of fused-ring (bicyclic) bond motifs is 1. The van der Waals surface area contributed by atoms with E-state index in [1.54, 1.807) is 0 Å². The monoisotopic (exact) mass is 261 g/mol. The molecule has 1 aliphatic heterocycles. The van der Waals surface area contributed by atoms with Crippen LogP contribution >= 0.6 is 0 Å². The van der Waals surface area contributed by atoms with Crippen LogP contribution in [0.3, 0.4) is 0 Å². The van der Waals surface area contributed by atoms with Gasteiger partial charge in [-0.25, -0.2) is 0 Å². The van der Waals surface area contributed by atoms with Crippen molar-refractivity contribution in [3.05, 3.63) is 29.3 Å². The number of phenolic OH excluding ortho intramolecular Hbond substituents is 1. The van der Waals surface area contributed by atoms with Gasteiger partial charge < -0.3 is 9.84 Å². The molecule has 2 atom stereocenters. The highest BCUT2D eigenvalue weighted by Gasteiger charge is 2.36. The number of aromatic hydroxyl groups is 1. The van der Waals surface area contributed by atoms with Crippen LogP contribution in [0.15, 0.2) is 18.2 Å². The van der Waals surface area contributed by atoms with Crippen LogP contribution < -0.4 is 0 Å². The van der Waals surface area contributed by atoms with Gasteiger partial charge >= 0.3 is 0 Å². The third kappa shape index (κ3) is 2.49. The normalized spacial score (nSPS) is 27.4. The van der Waals surface area contributed by atoms with Crippen LogP contribution in [0.5, 0.6) is 5.75 Å². The van der Waals surface area contributed by atoms with Gasteiger partial charge in [0, 0.05) is 19.1 Å². The lowest BCUT2D eigenvalue weighted by Gasteiger charge is -2.36. The summed E-state index contributed by atoms with van der Waals surface area (Å²) in [5.41, 5.74) is 2.77. The van der Waals surface area contributed by atoms with Gasteiger partial charge in [-0.1, -0.05) is 19.4 Å². The highest BCUT2D eigenvalue weighted by molar-refractivity contribution is 5.41. The van der Waals surface area contributed by atoms with Crippen molar-refractivity contribution in [2.75, 3.05) is 26.3 Å². The molecule has 1 aromatic rings. The van der Waals surface area contributed by atoms with Gasteiger partial charge in [-0.2, -0.15) is 0 Å². The standard InChI is InChI=1S/C16H23NO2/c1-2-3-13-10-12-4-5-14(18)11-15(12)16(13)17-6-8-19-9-7-17/h4-5,11,13,16,18H,2-3,6-10H2,1H3. The number of hydrogen-bond donors (Lipinski definition) is 1. The van der Waals surface area contributed by atoms with Crippen LogP contribution in [0.25, 0.3) is 0 Å². The second-order valence-corrected chi connectivity index (χ2v) is 5.73. The average molecular weight is 261 g/mol. The lowest BCUT2D eigenvalue weighted by molar-refractivity contribution is 0.00424. The minimum absolute atomic E-state index is 0.397. The SMILES string of the molecule is CCCC1Cc2ccc(O)cc2C1N1CCOCC1. The van der Waals surface area contributed by atoms with E-state index in [-0.39, 0.29) is 0 Å². The summed E-state index contributed by atoms with van der Waals surface area (Å²) in [6.45, 7) is 5.96. The predicted molar refractivity (Wildman–Crippen MR) is 75.3 cm³/mol. The Balaban J connectivity index is 1.90. The zero-order chi connectivity index (χ0) is 13.2. The molecule has 2 aliphatic rings. The molecule has 3 nitrogen and oxygen atoms in total. The van der Waals surface area contributed by atoms with Gasteiger partial charge in [0.15, 0.2) is 0 Å². The van der Waals surface area contributed by atoms with Gasteiger partial charge in [0.1, 0.15) is 5.75 Å². The Morgan fingerprint density at radius 2 is 2.11 bits per heavy atom. The van der Waals surface area contributed by atoms with Gasteiger partial charge in [0.05, 0.1) is 13.2 Å². The molecule has 0 aromatic heterocycles. The van der Waals surface area contributed by atoms with Crippen LogP contribution in [-0.2, 0) is 11.2 Å². The van der Waals surface area contributed by atoms with E-state index >= 15 is 0 Å². The van der Waals surface area contributed by atoms with E-state index in [9.17, 15) is 5.11 Å². The van der Waals surface area contributed by atoms with Crippen LogP contribution in [-0.4, -0.2) is 36.3 Å². The number of phenols is 1. The Hall–Kier alpha value is -1.06. The van der Waals surface area contributed by atoms with Gasteiger partial charge in [-0.3, -0.25) is 4.90 Å². The molecule has 1 heterocycles. The molecule has 0 radical (unpaired) electrons. The molecule has 3 heteroatoms. The average Bonchev–Trinajstić information content (AvgIpc) is 2.77. The Morgan fingerprint density at radius 1 is 1.32 bits per heavy atom. The summed E-state index contributed by atoms with van der Waals surface area (Å²) in [5.74, 6) is 1.09. The first-order chi connectivity index (χ1) is 9.29. The molecule has 3 rings (SSSR count). The Labute approximate surface area is 115 Å². The van der Waals surface area contributed by atoms with Gasteiger partial charge in [-0.05, 0) is 42.0 Å². The van der Waals surface area contributed by atoms with Crippen molar-refractivity contribution in [2.45, 2.75) is 32.2 Å². The second-order valence-electron chi connectivity index (χ2n) is 5.73. The summed E-state index contributed by atoms with van der Waals surface area (Å²) in [7, 11) is 0. The summed E-state index contributed by atoms with van der Waals surface area (Å²) in [6.07, 6.45) is 3.65. The van der Waals surface area contributed by atoms with Crippen LogP contribution in [0.2, 0.25) is 0 Å². The molecule has 1 fully saturated rings. The topological polar surface area (TPSA) is 32.7 Å². The molecular weight excluding hydrogens is 238 g/mol. The minimum Gasteiger partial charge on any atom is -0.508 e. The first-order valence-electron chi connectivity index (χ1n) is 7.43. The lowest BCUT2D eigenvalue weighted by Crippen LogP contribution is -2.40. The van der Waals surface area contributed by atoms with E-state index in [1.165, 1.54) is 24.0 Å². The van der Waals surface area contributed by atoms with Crippen LogP contribution in [0, 0.1) is 5.92 Å². The molecule has 1 N–H and O–H groups in total. The molecule has 1 saturated heterocycles. The second kappa shape index (κ2) is 5.51. The molecule has 0 spiro atoms. The maximum absolute atomic E-state index is 9.79. The van der Waals surface area contributed by atoms with E-state index in [4.69, 9.17) is 4.74 Å². The maximum atomic E-state index is 9.79. The van der Waals surface area contributed by atoms with Crippen molar-refractivity contribution < 1.29 is 9.84 Å². The Kier molecular flexibility index (Phi) is 3.76. The third-order valence-electron chi connectivity index (χ3n) is 4.48. The molecule has 1 aromatic carbocycles. The summed E-state index contributed by atoms with van der Waals surface area (Å²) in [5, 5.41) is 9.79. The molecule has 0 saturated carbocycles. The fourth-order valence-electron chi connectivity index (χ4n) is 3.67. The van der Waals surface area contributed by atoms with Crippen molar-refractivity contribution in [3.8, 4) is 5.75 Å². The van der Waals surface area contributed by atoms with E-state index in [0.717, 1.165) is 32.7 Å². The van der Waals surface area contributed by atoms with Crippen LogP contribution in [0.1, 0.15) is 36.9 Å². The van der Waals surface area contributed by atoms with Crippen molar-refractivity contribution in [1.29, 1.82) is 0 Å². The summed E-state index contributed by atoms with van der Waals surface area (Å²) in [6, 6.07) is 6.38. The van der Waals surface area contributed by atoms with E-state index in [0.29, 0.717) is 17.7 Å². The molecular formula is C16H23NO2. The number of hydrogen-bond acceptors (Lipinski definition) is 3. The molecule has 0 amide bonds. The Bertz CT molecular complexity index is 436. The smallest absolute Gasteiger partial charge is 0.115 e. The number of ether oxygens (including phenoxy) is 1. The molecule has 1 aliphatic carbocycles. The minimum atomic E-state index is 0.397. The van der Waals surface area contributed by atoms with Gasteiger partial charge in [0.25, 0.3) is 0 Å². The number of nitrogens with zero attached hydrogens (tertiary/aromatic N) is 1. The fraction of sp³-hybridized carbons (Fsp3) is 0.625. The molecule has 19 heavy (non-hydrogen) atoms. The number of benzene rings is 1. The largest absolute Gasteiger partial charge is 0.508 e. The number of rotatable bonds is 3. The zero-order valence-electron chi connectivity index (χ0n) is 11.6. The molecule has 0 bridgehead atoms. The first-order valence-corrected chi connectivity index (χ1v) is 7.43. The summed E-state index contributed by atoms with van der Waals surface area (Å²) in [4.78, 5) is 2.55. The highest BCUT2D eigenvalue weighted by atomic mass is 16.5. The zero-order valence-corrected chi connectivity index (χ0v) is 11.6. The maximum Gasteiger partial charge on any atom is 0.115 e. The first kappa shape index (κ1) is 12.9. The van der Waals surface area contributed by atoms with Gasteiger partial charge in [0.2, 0.25) is 0 Å². The highest BCUT2D eigenvalue weighted by Crippen LogP contribution is 2.43. The Morgan fingerprint density at radius 3 is 2.84 bits per heavy atom. The quantitative estimate of drug-likeness (QED) is 0.908. The number of morpholine rings is 1. The van der Waals surface area contributed by atoms with Crippen molar-refractivity contribution in [3.63, 3.8) is 0 Å². The van der Waals surface area contributed by atoms with Crippen LogP contribution in [0.4, 0.5) is 0 Å². The molecule has 2 unspecified atom stereocenters. The molecule has 104 valence electrons. The van der Waals surface area contributed by atoms with Gasteiger partial charge in [-0.15, -0.1) is 0 Å². The summed E-state index contributed by atoms with van der Waals surface area (Å²) < 4.78 is 5.48. The van der Waals surface area contributed by atoms with Crippen molar-refractivity contribution in [1.82, 2.24) is 4.90 Å². The van der Waals surface area contributed by atoms with E-state index in [1.807, 2.05) is 12.1 Å². The predicted octanol–water partition coefficient (Wildman–Crippen LogP) is 2.74. The third-order valence-corrected chi connectivity index (χ3v) is 4.48. The van der Waals surface area contributed by atoms with E-state index < -0.39 is 0 Å². The van der Waals surface area contributed by atoms with Crippen molar-refractivity contribution in [2.24, 2.45) is 5.92 Å². The van der Waals surface area contributed by atoms with Crippen molar-refractivity contribution >= 4 is 0 Å². The fourth-order valence-corrected chi connectivity index (χ4v) is 3.67.